The first kappa shape index (κ1) is 11.7. The standard InChI is InChI=1S/C8H16N2O.ClH/c9-6-2-5-8(11)10-7-3-1-4-7;/h7H,1-6,9H2,(H,10,11);1H. The van der Waals surface area contributed by atoms with E-state index in [4.69, 9.17) is 5.73 Å². The molecule has 12 heavy (non-hydrogen) atoms. The van der Waals surface area contributed by atoms with Gasteiger partial charge in [-0.05, 0) is 32.2 Å². The topological polar surface area (TPSA) is 55.1 Å². The Kier molecular flexibility index (Phi) is 6.11. The average Bonchev–Trinajstić information content (AvgIpc) is 1.93. The Bertz CT molecular complexity index is 137. The van der Waals surface area contributed by atoms with E-state index >= 15 is 0 Å². The molecule has 1 amide bonds. The molecule has 72 valence electrons. The Labute approximate surface area is 79.5 Å². The van der Waals surface area contributed by atoms with Crippen molar-refractivity contribution >= 4 is 18.3 Å². The Morgan fingerprint density at radius 3 is 2.58 bits per heavy atom. The number of nitrogens with one attached hydrogen (secondary N) is 1. The molecule has 0 unspecified atom stereocenters. The zero-order chi connectivity index (χ0) is 8.10. The first-order valence-corrected chi connectivity index (χ1v) is 4.32. The van der Waals surface area contributed by atoms with Crippen molar-refractivity contribution in [1.82, 2.24) is 5.32 Å². The van der Waals surface area contributed by atoms with Gasteiger partial charge in [0.25, 0.3) is 0 Å². The highest BCUT2D eigenvalue weighted by molar-refractivity contribution is 5.85. The molecule has 0 aromatic carbocycles. The summed E-state index contributed by atoms with van der Waals surface area (Å²) in [6.07, 6.45) is 4.98. The van der Waals surface area contributed by atoms with E-state index in [0.29, 0.717) is 19.0 Å². The molecule has 0 aromatic heterocycles. The van der Waals surface area contributed by atoms with Crippen LogP contribution in [0.15, 0.2) is 0 Å². The number of amides is 1. The largest absolute Gasteiger partial charge is 0.353 e. The molecule has 1 aliphatic carbocycles. The molecule has 3 N–H and O–H groups in total. The maximum absolute atomic E-state index is 11.0. The lowest BCUT2D eigenvalue weighted by molar-refractivity contribution is -0.122. The minimum atomic E-state index is 0. The molecular weight excluding hydrogens is 176 g/mol. The van der Waals surface area contributed by atoms with Crippen LogP contribution in [0.3, 0.4) is 0 Å². The maximum Gasteiger partial charge on any atom is 0.220 e. The number of carbonyl (C=O) groups excluding carboxylic acids is 1. The van der Waals surface area contributed by atoms with Crippen molar-refractivity contribution < 1.29 is 4.79 Å². The molecule has 0 spiro atoms. The van der Waals surface area contributed by atoms with Crippen LogP contribution in [0, 0.1) is 0 Å². The molecule has 0 heterocycles. The van der Waals surface area contributed by atoms with Gasteiger partial charge in [0, 0.05) is 12.5 Å². The fraction of sp³-hybridized carbons (Fsp3) is 0.875. The van der Waals surface area contributed by atoms with Crippen molar-refractivity contribution in [1.29, 1.82) is 0 Å². The molecule has 3 nitrogen and oxygen atoms in total. The van der Waals surface area contributed by atoms with Crippen molar-refractivity contribution in [2.75, 3.05) is 6.54 Å². The summed E-state index contributed by atoms with van der Waals surface area (Å²) < 4.78 is 0. The third-order valence-electron chi connectivity index (χ3n) is 2.08. The summed E-state index contributed by atoms with van der Waals surface area (Å²) in [6, 6.07) is 0.472. The molecule has 1 aliphatic rings. The fourth-order valence-electron chi connectivity index (χ4n) is 1.12. The third-order valence-corrected chi connectivity index (χ3v) is 2.08. The third kappa shape index (κ3) is 3.93. The van der Waals surface area contributed by atoms with Gasteiger partial charge in [0.1, 0.15) is 0 Å². The van der Waals surface area contributed by atoms with E-state index in [-0.39, 0.29) is 18.3 Å². The van der Waals surface area contributed by atoms with Gasteiger partial charge in [-0.25, -0.2) is 0 Å². The van der Waals surface area contributed by atoms with Crippen molar-refractivity contribution in [2.24, 2.45) is 5.73 Å². The summed E-state index contributed by atoms with van der Waals surface area (Å²) in [5.74, 6) is 0.167. The maximum atomic E-state index is 11.0. The van der Waals surface area contributed by atoms with Crippen LogP contribution in [0.25, 0.3) is 0 Å². The summed E-state index contributed by atoms with van der Waals surface area (Å²) in [6.45, 7) is 0.609. The fourth-order valence-corrected chi connectivity index (χ4v) is 1.12. The minimum Gasteiger partial charge on any atom is -0.353 e. The first-order valence-electron chi connectivity index (χ1n) is 4.32. The highest BCUT2D eigenvalue weighted by atomic mass is 35.5. The molecule has 0 aliphatic heterocycles. The number of carbonyl (C=O) groups is 1. The lowest BCUT2D eigenvalue weighted by Crippen LogP contribution is -2.39. The summed E-state index contributed by atoms with van der Waals surface area (Å²) in [7, 11) is 0. The first-order chi connectivity index (χ1) is 5.33. The summed E-state index contributed by atoms with van der Waals surface area (Å²) in [5.41, 5.74) is 5.27. The Balaban J connectivity index is 0.00000121. The Hall–Kier alpha value is -0.280. The lowest BCUT2D eigenvalue weighted by atomic mass is 9.93. The Morgan fingerprint density at radius 2 is 2.17 bits per heavy atom. The molecular formula is C8H17ClN2O. The number of hydrogen-bond acceptors (Lipinski definition) is 2. The van der Waals surface area contributed by atoms with E-state index < -0.39 is 0 Å². The van der Waals surface area contributed by atoms with Crippen LogP contribution in [0.5, 0.6) is 0 Å². The monoisotopic (exact) mass is 192 g/mol. The van der Waals surface area contributed by atoms with Gasteiger partial charge in [0.2, 0.25) is 5.91 Å². The molecule has 0 bridgehead atoms. The van der Waals surface area contributed by atoms with E-state index in [1.165, 1.54) is 6.42 Å². The molecule has 0 radical (unpaired) electrons. The molecule has 1 fully saturated rings. The van der Waals surface area contributed by atoms with Crippen LogP contribution in [0.2, 0.25) is 0 Å². The summed E-state index contributed by atoms with van der Waals surface area (Å²) >= 11 is 0. The second-order valence-electron chi connectivity index (χ2n) is 3.09. The van der Waals surface area contributed by atoms with E-state index in [0.717, 1.165) is 19.3 Å². The second kappa shape index (κ2) is 6.26. The minimum absolute atomic E-state index is 0. The van der Waals surface area contributed by atoms with E-state index in [9.17, 15) is 4.79 Å². The molecule has 4 heteroatoms. The predicted molar refractivity (Wildman–Crippen MR) is 51.3 cm³/mol. The number of hydrogen-bond donors (Lipinski definition) is 2. The van der Waals surface area contributed by atoms with Crippen LogP contribution in [-0.4, -0.2) is 18.5 Å². The quantitative estimate of drug-likeness (QED) is 0.693. The number of halogens is 1. The smallest absolute Gasteiger partial charge is 0.220 e. The summed E-state index contributed by atoms with van der Waals surface area (Å²) in [4.78, 5) is 11.0. The molecule has 1 saturated carbocycles. The normalized spacial score (nSPS) is 16.1. The number of rotatable bonds is 4. The summed E-state index contributed by atoms with van der Waals surface area (Å²) in [5, 5.41) is 2.96. The van der Waals surface area contributed by atoms with Crippen molar-refractivity contribution in [3.05, 3.63) is 0 Å². The van der Waals surface area contributed by atoms with Gasteiger partial charge >= 0.3 is 0 Å². The van der Waals surface area contributed by atoms with Crippen molar-refractivity contribution in [3.63, 3.8) is 0 Å². The van der Waals surface area contributed by atoms with Crippen LogP contribution in [-0.2, 0) is 4.79 Å². The van der Waals surface area contributed by atoms with Crippen LogP contribution in [0.1, 0.15) is 32.1 Å². The van der Waals surface area contributed by atoms with Gasteiger partial charge in [0.05, 0.1) is 0 Å². The highest BCUT2D eigenvalue weighted by Gasteiger charge is 2.18. The van der Waals surface area contributed by atoms with E-state index in [1.807, 2.05) is 0 Å². The predicted octanol–water partition coefficient (Wildman–Crippen LogP) is 0.816. The average molecular weight is 193 g/mol. The van der Waals surface area contributed by atoms with Crippen LogP contribution < -0.4 is 11.1 Å². The van der Waals surface area contributed by atoms with Crippen molar-refractivity contribution in [2.45, 2.75) is 38.1 Å². The highest BCUT2D eigenvalue weighted by Crippen LogP contribution is 2.17. The molecule has 0 saturated heterocycles. The van der Waals surface area contributed by atoms with Crippen LogP contribution >= 0.6 is 12.4 Å². The van der Waals surface area contributed by atoms with E-state index in [1.54, 1.807) is 0 Å². The van der Waals surface area contributed by atoms with E-state index in [2.05, 4.69) is 5.32 Å². The molecule has 0 aromatic rings. The molecule has 1 rings (SSSR count). The van der Waals surface area contributed by atoms with Crippen molar-refractivity contribution in [3.8, 4) is 0 Å². The molecule has 0 atom stereocenters. The van der Waals surface area contributed by atoms with Gasteiger partial charge in [-0.3, -0.25) is 4.79 Å². The van der Waals surface area contributed by atoms with Gasteiger partial charge < -0.3 is 11.1 Å². The zero-order valence-electron chi connectivity index (χ0n) is 7.21. The van der Waals surface area contributed by atoms with Crippen LogP contribution in [0.4, 0.5) is 0 Å². The lowest BCUT2D eigenvalue weighted by Gasteiger charge is -2.26. The van der Waals surface area contributed by atoms with Gasteiger partial charge in [-0.1, -0.05) is 0 Å². The SMILES string of the molecule is Cl.NCCCC(=O)NC1CCC1. The van der Waals surface area contributed by atoms with Gasteiger partial charge in [-0.15, -0.1) is 12.4 Å². The zero-order valence-corrected chi connectivity index (χ0v) is 8.03. The Morgan fingerprint density at radius 1 is 1.50 bits per heavy atom. The second-order valence-corrected chi connectivity index (χ2v) is 3.09. The van der Waals surface area contributed by atoms with Gasteiger partial charge in [-0.2, -0.15) is 0 Å². The van der Waals surface area contributed by atoms with Gasteiger partial charge in [0.15, 0.2) is 0 Å². The number of nitrogens with two attached hydrogens (primary N) is 1.